The lowest BCUT2D eigenvalue weighted by Crippen LogP contribution is -2.44. The molecule has 170 valence electrons. The molecule has 1 aliphatic heterocycles. The first kappa shape index (κ1) is 22.2. The third-order valence-corrected chi connectivity index (χ3v) is 5.57. The highest BCUT2D eigenvalue weighted by Crippen LogP contribution is 2.31. The molecular weight excluding hydrogens is 420 g/mol. The van der Waals surface area contributed by atoms with Gasteiger partial charge in [0.1, 0.15) is 11.6 Å². The van der Waals surface area contributed by atoms with Crippen LogP contribution in [0.2, 0.25) is 0 Å². The molecule has 1 aromatic carbocycles. The van der Waals surface area contributed by atoms with Crippen LogP contribution in [0.1, 0.15) is 26.0 Å². The van der Waals surface area contributed by atoms with Crippen LogP contribution < -0.4 is 20.7 Å². The van der Waals surface area contributed by atoms with E-state index in [2.05, 4.69) is 20.3 Å². The van der Waals surface area contributed by atoms with Crippen LogP contribution in [0.4, 0.5) is 17.2 Å². The number of nitrogens with one attached hydrogen (secondary N) is 2. The lowest BCUT2D eigenvalue weighted by molar-refractivity contribution is -0.118. The maximum atomic E-state index is 13.3. The number of benzene rings is 1. The smallest absolute Gasteiger partial charge is 0.251 e. The molecule has 1 atom stereocenters. The lowest BCUT2D eigenvalue weighted by Gasteiger charge is -2.30. The molecule has 0 aliphatic carbocycles. The Bertz CT molecular complexity index is 1240. The minimum Gasteiger partial charge on any atom is -0.350 e. The van der Waals surface area contributed by atoms with E-state index < -0.39 is 0 Å². The molecule has 33 heavy (non-hydrogen) atoms. The number of pyridine rings is 1. The van der Waals surface area contributed by atoms with Gasteiger partial charge in [0.05, 0.1) is 17.9 Å². The zero-order valence-electron chi connectivity index (χ0n) is 18.8. The Kier molecular flexibility index (Phi) is 6.21. The van der Waals surface area contributed by atoms with E-state index in [0.717, 1.165) is 0 Å². The molecule has 4 rings (SSSR count). The summed E-state index contributed by atoms with van der Waals surface area (Å²) in [5, 5.41) is 2.87. The van der Waals surface area contributed by atoms with Gasteiger partial charge in [0.2, 0.25) is 11.8 Å². The van der Waals surface area contributed by atoms with Crippen LogP contribution in [0, 0.1) is 0 Å². The van der Waals surface area contributed by atoms with Gasteiger partial charge in [0.25, 0.3) is 5.56 Å². The molecule has 9 heteroatoms. The maximum absolute atomic E-state index is 13.3. The lowest BCUT2D eigenvalue weighted by atomic mass is 10.1. The fourth-order valence-corrected chi connectivity index (χ4v) is 3.91. The summed E-state index contributed by atoms with van der Waals surface area (Å²) < 4.78 is 0. The van der Waals surface area contributed by atoms with Crippen LogP contribution in [-0.2, 0) is 16.0 Å². The first-order valence-electron chi connectivity index (χ1n) is 10.8. The number of nitrogens with zero attached hydrogens (tertiary/aromatic N) is 4. The van der Waals surface area contributed by atoms with E-state index in [1.54, 1.807) is 35.2 Å². The van der Waals surface area contributed by atoms with E-state index in [0.29, 0.717) is 40.7 Å². The third kappa shape index (κ3) is 4.77. The van der Waals surface area contributed by atoms with Crippen LogP contribution >= 0.6 is 0 Å². The van der Waals surface area contributed by atoms with E-state index in [4.69, 9.17) is 0 Å². The quantitative estimate of drug-likeness (QED) is 0.623. The number of rotatable bonds is 5. The van der Waals surface area contributed by atoms with E-state index in [1.807, 2.05) is 38.1 Å². The number of aromatic nitrogens is 3. The van der Waals surface area contributed by atoms with E-state index >= 15 is 0 Å². The molecule has 2 N–H and O–H groups in total. The summed E-state index contributed by atoms with van der Waals surface area (Å²) in [7, 11) is 1.79. The number of fused-ring (bicyclic) bond motifs is 1. The molecule has 9 nitrogen and oxygen atoms in total. The molecule has 1 unspecified atom stereocenters. The summed E-state index contributed by atoms with van der Waals surface area (Å²) in [6, 6.07) is 12.1. The van der Waals surface area contributed by atoms with E-state index in [9.17, 15) is 14.4 Å². The Morgan fingerprint density at radius 1 is 1.21 bits per heavy atom. The highest BCUT2D eigenvalue weighted by Gasteiger charge is 2.30. The number of aromatic amines is 1. The average molecular weight is 447 g/mol. The van der Waals surface area contributed by atoms with Crippen molar-refractivity contribution in [1.29, 1.82) is 0 Å². The molecule has 0 bridgehead atoms. The zero-order chi connectivity index (χ0) is 23.5. The normalized spacial score (nSPS) is 15.4. The Labute approximate surface area is 191 Å². The molecule has 0 saturated heterocycles. The number of carbonyl (C=O) groups excluding carboxylic acids is 2. The minimum atomic E-state index is -0.279. The molecule has 0 fully saturated rings. The summed E-state index contributed by atoms with van der Waals surface area (Å²) in [4.78, 5) is 52.4. The first-order valence-corrected chi connectivity index (χ1v) is 10.8. The van der Waals surface area contributed by atoms with Crippen molar-refractivity contribution in [3.8, 4) is 11.4 Å². The second-order valence-corrected chi connectivity index (χ2v) is 8.08. The SMILES string of the molecule is CCc1cc(=O)[nH]c(-c2ccc(N(C)CC(=O)N3c4ccccc4NC(=O)CC3C)nc2)n1. The minimum absolute atomic E-state index is 0.0830. The summed E-state index contributed by atoms with van der Waals surface area (Å²) in [6.07, 6.45) is 2.51. The van der Waals surface area contributed by atoms with Gasteiger partial charge in [-0.15, -0.1) is 0 Å². The molecule has 2 amide bonds. The van der Waals surface area contributed by atoms with Crippen LogP contribution in [0.3, 0.4) is 0 Å². The van der Waals surface area contributed by atoms with Crippen LogP contribution in [0.5, 0.6) is 0 Å². The van der Waals surface area contributed by atoms with Gasteiger partial charge in [-0.3, -0.25) is 14.4 Å². The standard InChI is InChI=1S/C24H26N6O3/c1-4-17-12-22(32)28-24(26-17)16-9-10-20(25-13-16)29(3)14-23(33)30-15(2)11-21(31)27-18-7-5-6-8-19(18)30/h5-10,12-13,15H,4,11,14H2,1-3H3,(H,27,31)(H,26,28,32). The van der Waals surface area contributed by atoms with Crippen molar-refractivity contribution in [2.24, 2.45) is 0 Å². The predicted octanol–water partition coefficient (Wildman–Crippen LogP) is 2.59. The number of hydrogen-bond donors (Lipinski definition) is 2. The van der Waals surface area contributed by atoms with Crippen LogP contribution in [0.15, 0.2) is 53.5 Å². The number of aryl methyl sites for hydroxylation is 1. The summed E-state index contributed by atoms with van der Waals surface area (Å²) >= 11 is 0. The number of likely N-dealkylation sites (N-methyl/N-ethyl adjacent to an activating group) is 1. The van der Waals surface area contributed by atoms with Gasteiger partial charge in [0.15, 0.2) is 0 Å². The number of amides is 2. The summed E-state index contributed by atoms with van der Waals surface area (Å²) in [5.41, 5.74) is 2.50. The Morgan fingerprint density at radius 3 is 2.73 bits per heavy atom. The Hall–Kier alpha value is -4.01. The van der Waals surface area contributed by atoms with E-state index in [-0.39, 0.29) is 36.4 Å². The number of para-hydroxylation sites is 2. The van der Waals surface area contributed by atoms with Crippen LogP contribution in [-0.4, -0.2) is 46.4 Å². The van der Waals surface area contributed by atoms with Crippen molar-refractivity contribution in [2.45, 2.75) is 32.7 Å². The van der Waals surface area contributed by atoms with E-state index in [1.165, 1.54) is 6.07 Å². The first-order chi connectivity index (χ1) is 15.9. The fraction of sp³-hybridized carbons (Fsp3) is 0.292. The molecule has 3 heterocycles. The van der Waals surface area contributed by atoms with Gasteiger partial charge in [-0.1, -0.05) is 19.1 Å². The molecule has 3 aromatic rings. The van der Waals surface area contributed by atoms with Gasteiger partial charge >= 0.3 is 0 Å². The van der Waals surface area contributed by atoms with Crippen molar-refractivity contribution in [3.05, 3.63) is 64.7 Å². The highest BCUT2D eigenvalue weighted by atomic mass is 16.2. The van der Waals surface area contributed by atoms with Gasteiger partial charge in [0, 0.05) is 43.0 Å². The number of hydrogen-bond acceptors (Lipinski definition) is 6. The summed E-state index contributed by atoms with van der Waals surface area (Å²) in [6.45, 7) is 3.89. The highest BCUT2D eigenvalue weighted by molar-refractivity contribution is 6.05. The van der Waals surface area contributed by atoms with Gasteiger partial charge in [-0.05, 0) is 37.6 Å². The average Bonchev–Trinajstić information content (AvgIpc) is 2.92. The van der Waals surface area contributed by atoms with Crippen molar-refractivity contribution in [1.82, 2.24) is 15.0 Å². The third-order valence-electron chi connectivity index (χ3n) is 5.57. The second kappa shape index (κ2) is 9.23. The summed E-state index contributed by atoms with van der Waals surface area (Å²) in [5.74, 6) is 0.812. The molecule has 0 radical (unpaired) electrons. The largest absolute Gasteiger partial charge is 0.350 e. The molecule has 2 aromatic heterocycles. The maximum Gasteiger partial charge on any atom is 0.251 e. The molecule has 0 saturated carbocycles. The molecule has 0 spiro atoms. The number of carbonyl (C=O) groups is 2. The van der Waals surface area contributed by atoms with Crippen LogP contribution in [0.25, 0.3) is 11.4 Å². The van der Waals surface area contributed by atoms with Gasteiger partial charge in [-0.2, -0.15) is 0 Å². The van der Waals surface area contributed by atoms with Gasteiger partial charge < -0.3 is 20.1 Å². The molecular formula is C24H26N6O3. The molecule has 1 aliphatic rings. The topological polar surface area (TPSA) is 111 Å². The predicted molar refractivity (Wildman–Crippen MR) is 127 cm³/mol. The second-order valence-electron chi connectivity index (χ2n) is 8.08. The monoisotopic (exact) mass is 446 g/mol. The fourth-order valence-electron chi connectivity index (χ4n) is 3.91. The van der Waals surface area contributed by atoms with Crippen molar-refractivity contribution in [3.63, 3.8) is 0 Å². The zero-order valence-corrected chi connectivity index (χ0v) is 18.8. The Morgan fingerprint density at radius 2 is 2.00 bits per heavy atom. The van der Waals surface area contributed by atoms with Crippen molar-refractivity contribution < 1.29 is 9.59 Å². The van der Waals surface area contributed by atoms with Crippen molar-refractivity contribution in [2.75, 3.05) is 28.7 Å². The number of H-pyrrole nitrogens is 1. The van der Waals surface area contributed by atoms with Gasteiger partial charge in [-0.25, -0.2) is 9.97 Å². The number of anilines is 3. The van der Waals surface area contributed by atoms with Crippen molar-refractivity contribution >= 4 is 29.0 Å². The Balaban J connectivity index is 1.53.